The Bertz CT molecular complexity index is 1260. The zero-order chi connectivity index (χ0) is 30.3. The molecule has 2 aromatic heterocycles. The molecule has 7 nitrogen and oxygen atoms in total. The first-order valence-electron chi connectivity index (χ1n) is 15.3. The van der Waals surface area contributed by atoms with Crippen molar-refractivity contribution < 1.29 is 13.9 Å². The van der Waals surface area contributed by atoms with Gasteiger partial charge in [-0.25, -0.2) is 9.13 Å². The highest BCUT2D eigenvalue weighted by molar-refractivity contribution is 5.81. The number of aromatic nitrogens is 2. The fourth-order valence-corrected chi connectivity index (χ4v) is 4.90. The summed E-state index contributed by atoms with van der Waals surface area (Å²) in [5.41, 5.74) is 4.95. The van der Waals surface area contributed by atoms with Crippen LogP contribution in [0, 0.1) is 0 Å². The van der Waals surface area contributed by atoms with Crippen LogP contribution in [0.5, 0.6) is 0 Å². The second kappa shape index (κ2) is 17.1. The smallest absolute Gasteiger partial charge is 0.196 e. The van der Waals surface area contributed by atoms with E-state index in [9.17, 15) is 0 Å². The molecule has 226 valence electrons. The minimum absolute atomic E-state index is 0.706. The normalized spacial score (nSPS) is 12.8. The zero-order valence-corrected chi connectivity index (χ0v) is 26.3. The van der Waals surface area contributed by atoms with Gasteiger partial charge in [-0.15, -0.1) is 0 Å². The van der Waals surface area contributed by atoms with Gasteiger partial charge in [0.2, 0.25) is 0 Å². The molecule has 3 heterocycles. The van der Waals surface area contributed by atoms with Crippen LogP contribution in [-0.4, -0.2) is 88.2 Å². The molecule has 1 aliphatic rings. The predicted octanol–water partition coefficient (Wildman–Crippen LogP) is 4.48. The molecule has 1 fully saturated rings. The maximum atomic E-state index is 5.83. The van der Waals surface area contributed by atoms with Crippen LogP contribution in [0.1, 0.15) is 6.42 Å². The summed E-state index contributed by atoms with van der Waals surface area (Å²) in [6, 6.07) is 29.5. The Morgan fingerprint density at radius 3 is 1.49 bits per heavy atom. The molecule has 43 heavy (non-hydrogen) atoms. The molecule has 1 aliphatic heterocycles. The minimum Gasteiger partial charge on any atom is -0.368 e. The van der Waals surface area contributed by atoms with Gasteiger partial charge in [0.05, 0.1) is 0 Å². The van der Waals surface area contributed by atoms with Crippen molar-refractivity contribution in [3.05, 3.63) is 110 Å². The number of hydrogen-bond donors (Lipinski definition) is 0. The van der Waals surface area contributed by atoms with Crippen molar-refractivity contribution in [1.82, 2.24) is 14.7 Å². The molecule has 1 saturated heterocycles. The molecule has 0 saturated carbocycles. The Labute approximate surface area is 258 Å². The van der Waals surface area contributed by atoms with E-state index in [0.717, 1.165) is 51.6 Å². The highest BCUT2D eigenvalue weighted by atomic mass is 16.5. The lowest BCUT2D eigenvalue weighted by molar-refractivity contribution is -0.705. The summed E-state index contributed by atoms with van der Waals surface area (Å²) in [5, 5.41) is 0. The molecule has 0 unspecified atom stereocenters. The Morgan fingerprint density at radius 2 is 1.07 bits per heavy atom. The van der Waals surface area contributed by atoms with E-state index < -0.39 is 0 Å². The van der Waals surface area contributed by atoms with Crippen molar-refractivity contribution >= 4 is 5.96 Å². The molecular weight excluding hydrogens is 532 g/mol. The second-order valence-electron chi connectivity index (χ2n) is 11.2. The number of hydrogen-bond acceptors (Lipinski definition) is 3. The Balaban J connectivity index is 0.000000255. The number of aliphatic imine (C=N–C) groups is 1. The fourth-order valence-electron chi connectivity index (χ4n) is 4.90. The van der Waals surface area contributed by atoms with Crippen molar-refractivity contribution in [2.45, 2.75) is 19.5 Å². The van der Waals surface area contributed by atoms with Crippen molar-refractivity contribution in [1.29, 1.82) is 0 Å². The van der Waals surface area contributed by atoms with Gasteiger partial charge in [-0.3, -0.25) is 4.99 Å². The Kier molecular flexibility index (Phi) is 12.7. The summed E-state index contributed by atoms with van der Waals surface area (Å²) in [5.74, 6) is 1.14. The summed E-state index contributed by atoms with van der Waals surface area (Å²) in [6.45, 7) is 7.37. The Hall–Kier alpha value is -4.07. The molecule has 0 amide bonds. The molecular formula is C36H48N6O+2. The zero-order valence-electron chi connectivity index (χ0n) is 26.3. The monoisotopic (exact) mass is 580 g/mol. The number of likely N-dealkylation sites (N-methyl/N-ethyl adjacent to an activating group) is 2. The number of pyridine rings is 2. The van der Waals surface area contributed by atoms with Crippen LogP contribution in [0.25, 0.3) is 22.3 Å². The maximum absolute atomic E-state index is 5.83. The largest absolute Gasteiger partial charge is 0.368 e. The third-order valence-corrected chi connectivity index (χ3v) is 7.45. The van der Waals surface area contributed by atoms with Crippen molar-refractivity contribution in [2.75, 3.05) is 67.6 Å². The lowest BCUT2D eigenvalue weighted by atomic mass is 10.1. The molecule has 0 atom stereocenters. The van der Waals surface area contributed by atoms with E-state index >= 15 is 0 Å². The van der Waals surface area contributed by atoms with Gasteiger partial charge in [0.1, 0.15) is 13.2 Å². The van der Waals surface area contributed by atoms with Gasteiger partial charge in [0, 0.05) is 58.0 Å². The molecule has 0 bridgehead atoms. The summed E-state index contributed by atoms with van der Waals surface area (Å²) in [4.78, 5) is 11.2. The van der Waals surface area contributed by atoms with Crippen molar-refractivity contribution in [3.63, 3.8) is 0 Å². The van der Waals surface area contributed by atoms with E-state index in [-0.39, 0.29) is 0 Å². The molecule has 4 aromatic rings. The minimum atomic E-state index is 0.706. The average molecular weight is 581 g/mol. The first-order chi connectivity index (χ1) is 21.0. The van der Waals surface area contributed by atoms with Gasteiger partial charge in [-0.05, 0) is 49.3 Å². The summed E-state index contributed by atoms with van der Waals surface area (Å²) in [7, 11) is 8.41. The number of benzene rings is 2. The lowest BCUT2D eigenvalue weighted by Gasteiger charge is -2.16. The third kappa shape index (κ3) is 10.6. The van der Waals surface area contributed by atoms with Gasteiger partial charge in [-0.1, -0.05) is 60.7 Å². The first-order valence-corrected chi connectivity index (χ1v) is 15.3. The van der Waals surface area contributed by atoms with Gasteiger partial charge in [0.15, 0.2) is 43.8 Å². The SMILES string of the molecule is CN(C)CCCN=C1N(C)CCN1C.c1ccc(-c2cc[n+](CCOCC[n+]3ccc(-c4ccccc4)cc3)cc2)cc1. The van der Waals surface area contributed by atoms with Gasteiger partial charge in [-0.2, -0.15) is 0 Å². The van der Waals surface area contributed by atoms with E-state index in [4.69, 9.17) is 4.74 Å². The molecule has 5 rings (SSSR count). The number of guanidine groups is 1. The summed E-state index contributed by atoms with van der Waals surface area (Å²) in [6.07, 6.45) is 9.59. The topological polar surface area (TPSA) is 39.1 Å². The van der Waals surface area contributed by atoms with Crippen LogP contribution in [-0.2, 0) is 17.8 Å². The van der Waals surface area contributed by atoms with Crippen LogP contribution < -0.4 is 9.13 Å². The lowest BCUT2D eigenvalue weighted by Crippen LogP contribution is -2.37. The van der Waals surface area contributed by atoms with Crippen LogP contribution in [0.4, 0.5) is 0 Å². The van der Waals surface area contributed by atoms with Gasteiger partial charge < -0.3 is 19.4 Å². The van der Waals surface area contributed by atoms with Crippen molar-refractivity contribution in [3.8, 4) is 22.3 Å². The molecule has 0 N–H and O–H groups in total. The predicted molar refractivity (Wildman–Crippen MR) is 176 cm³/mol. The standard InChI is InChI=1S/C26H26N2O.C10H22N4/c1-3-7-23(8-4-1)25-11-15-27(16-12-25)19-21-29-22-20-28-17-13-26(14-18-28)24-9-5-2-6-10-24;1-12(2)7-5-6-11-10-13(3)8-9-14(10)4/h1-18H,19-22H2;5-9H2,1-4H3/q+2;. The average Bonchev–Trinajstić information content (AvgIpc) is 3.37. The van der Waals surface area contributed by atoms with E-state index in [1.807, 2.05) is 12.1 Å². The maximum Gasteiger partial charge on any atom is 0.196 e. The van der Waals surface area contributed by atoms with Crippen LogP contribution in [0.3, 0.4) is 0 Å². The molecule has 0 spiro atoms. The van der Waals surface area contributed by atoms with Crippen molar-refractivity contribution in [2.24, 2.45) is 4.99 Å². The second-order valence-corrected chi connectivity index (χ2v) is 11.2. The molecule has 0 aliphatic carbocycles. The molecule has 7 heteroatoms. The van der Waals surface area contributed by atoms with Crippen LogP contribution in [0.15, 0.2) is 115 Å². The van der Waals surface area contributed by atoms with E-state index in [0.29, 0.717) is 13.2 Å². The molecule has 0 radical (unpaired) electrons. The van der Waals surface area contributed by atoms with E-state index in [1.165, 1.54) is 22.3 Å². The summed E-state index contributed by atoms with van der Waals surface area (Å²) >= 11 is 0. The van der Waals surface area contributed by atoms with Crippen LogP contribution in [0.2, 0.25) is 0 Å². The number of nitrogens with zero attached hydrogens (tertiary/aromatic N) is 6. The summed E-state index contributed by atoms with van der Waals surface area (Å²) < 4.78 is 10.2. The van der Waals surface area contributed by atoms with Gasteiger partial charge in [0.25, 0.3) is 0 Å². The van der Waals surface area contributed by atoms with Gasteiger partial charge >= 0.3 is 0 Å². The van der Waals surface area contributed by atoms with E-state index in [1.54, 1.807) is 0 Å². The fraction of sp³-hybridized carbons (Fsp3) is 0.361. The highest BCUT2D eigenvalue weighted by Crippen LogP contribution is 2.17. The number of ether oxygens (including phenoxy) is 1. The first kappa shape index (κ1) is 31.9. The Morgan fingerprint density at radius 1 is 0.651 bits per heavy atom. The third-order valence-electron chi connectivity index (χ3n) is 7.45. The quantitative estimate of drug-likeness (QED) is 0.183. The molecule has 2 aromatic carbocycles. The number of rotatable bonds is 12. The van der Waals surface area contributed by atoms with E-state index in [2.05, 4.69) is 155 Å². The van der Waals surface area contributed by atoms with Crippen LogP contribution >= 0.6 is 0 Å². The highest BCUT2D eigenvalue weighted by Gasteiger charge is 2.18.